The molecule has 0 N–H and O–H groups in total. The zero-order valence-corrected chi connectivity index (χ0v) is 12.0. The molecule has 0 fully saturated rings. The second kappa shape index (κ2) is 4.57. The molecule has 2 rings (SSSR count). The van der Waals surface area contributed by atoms with Crippen molar-refractivity contribution in [2.45, 2.75) is 45.6 Å². The molecule has 1 aromatic heterocycles. The van der Waals surface area contributed by atoms with Crippen molar-refractivity contribution >= 4 is 17.6 Å². The Balaban J connectivity index is 2.38. The summed E-state index contributed by atoms with van der Waals surface area (Å²) in [6.45, 7) is 6.91. The van der Waals surface area contributed by atoms with Crippen LogP contribution < -0.4 is 0 Å². The summed E-state index contributed by atoms with van der Waals surface area (Å²) in [6.07, 6.45) is 1.56. The Morgan fingerprint density at radius 2 is 2.17 bits per heavy atom. The third kappa shape index (κ3) is 2.26. The van der Waals surface area contributed by atoms with Crippen molar-refractivity contribution < 1.29 is 9.53 Å². The van der Waals surface area contributed by atoms with E-state index in [1.54, 1.807) is 0 Å². The number of rotatable bonds is 1. The lowest BCUT2D eigenvalue weighted by atomic mass is 9.93. The van der Waals surface area contributed by atoms with Crippen LogP contribution in [0.5, 0.6) is 0 Å². The van der Waals surface area contributed by atoms with Gasteiger partial charge >= 0.3 is 5.97 Å². The molecular weight excluding hydrogens is 252 g/mol. The zero-order chi connectivity index (χ0) is 13.5. The molecule has 0 aromatic carbocycles. The number of halogens is 1. The van der Waals surface area contributed by atoms with Gasteiger partial charge in [-0.15, -0.1) is 0 Å². The molecule has 0 aliphatic carbocycles. The molecule has 18 heavy (non-hydrogen) atoms. The van der Waals surface area contributed by atoms with Crippen LogP contribution in [0.2, 0.25) is 5.15 Å². The van der Waals surface area contributed by atoms with Gasteiger partial charge in [0.1, 0.15) is 5.82 Å². The van der Waals surface area contributed by atoms with E-state index in [0.29, 0.717) is 11.7 Å². The number of aromatic nitrogens is 2. The molecule has 100 valence electrons. The molecule has 1 unspecified atom stereocenters. The molecule has 1 aliphatic rings. The Morgan fingerprint density at radius 1 is 1.50 bits per heavy atom. The summed E-state index contributed by atoms with van der Waals surface area (Å²) in [5.41, 5.74) is 0.960. The number of imidazole rings is 1. The third-order valence-corrected chi connectivity index (χ3v) is 3.66. The first-order chi connectivity index (χ1) is 8.34. The Hall–Kier alpha value is -1.03. The van der Waals surface area contributed by atoms with Crippen LogP contribution in [-0.4, -0.2) is 22.6 Å². The van der Waals surface area contributed by atoms with E-state index < -0.39 is 0 Å². The fourth-order valence-corrected chi connectivity index (χ4v) is 2.72. The van der Waals surface area contributed by atoms with E-state index in [1.807, 2.05) is 0 Å². The van der Waals surface area contributed by atoms with Crippen molar-refractivity contribution in [2.24, 2.45) is 5.92 Å². The molecule has 1 aliphatic heterocycles. The second-order valence-corrected chi connectivity index (χ2v) is 6.15. The maximum Gasteiger partial charge on any atom is 0.310 e. The number of fused-ring (bicyclic) bond motifs is 1. The number of carbonyl (C=O) groups excluding carboxylic acids is 1. The van der Waals surface area contributed by atoms with Gasteiger partial charge < -0.3 is 9.30 Å². The van der Waals surface area contributed by atoms with E-state index >= 15 is 0 Å². The van der Waals surface area contributed by atoms with Crippen LogP contribution in [0.1, 0.15) is 38.7 Å². The fourth-order valence-electron chi connectivity index (χ4n) is 2.45. The van der Waals surface area contributed by atoms with E-state index in [4.69, 9.17) is 16.3 Å². The summed E-state index contributed by atoms with van der Waals surface area (Å²) in [5.74, 6) is 0.704. The van der Waals surface area contributed by atoms with Crippen LogP contribution in [0.25, 0.3) is 0 Å². The monoisotopic (exact) mass is 270 g/mol. The Morgan fingerprint density at radius 3 is 2.72 bits per heavy atom. The van der Waals surface area contributed by atoms with Crippen molar-refractivity contribution in [3.05, 3.63) is 16.7 Å². The van der Waals surface area contributed by atoms with Crippen LogP contribution in [0.4, 0.5) is 0 Å². The van der Waals surface area contributed by atoms with Gasteiger partial charge in [0.05, 0.1) is 18.7 Å². The number of esters is 1. The minimum atomic E-state index is -0.148. The predicted octanol–water partition coefficient (Wildman–Crippen LogP) is 2.57. The molecule has 0 saturated heterocycles. The highest BCUT2D eigenvalue weighted by Crippen LogP contribution is 2.32. The molecule has 2 heterocycles. The first-order valence-corrected chi connectivity index (χ1v) is 6.55. The van der Waals surface area contributed by atoms with Crippen molar-refractivity contribution in [1.82, 2.24) is 9.55 Å². The van der Waals surface area contributed by atoms with Gasteiger partial charge in [-0.3, -0.25) is 4.79 Å². The number of nitrogens with zero attached hydrogens (tertiary/aromatic N) is 2. The van der Waals surface area contributed by atoms with Gasteiger partial charge in [-0.05, 0) is 12.8 Å². The average Bonchev–Trinajstić information content (AvgIpc) is 2.65. The summed E-state index contributed by atoms with van der Waals surface area (Å²) in [7, 11) is 1.43. The van der Waals surface area contributed by atoms with E-state index in [-0.39, 0.29) is 17.3 Å². The smallest absolute Gasteiger partial charge is 0.310 e. The first kappa shape index (κ1) is 13.4. The van der Waals surface area contributed by atoms with E-state index in [0.717, 1.165) is 24.4 Å². The standard InChI is InChI=1S/C13H19ClN2O2/c1-13(2,3)12-15-10(14)9-6-5-8(7-16(9)12)11(17)18-4/h8H,5-7H2,1-4H3. The van der Waals surface area contributed by atoms with Crippen LogP contribution >= 0.6 is 11.6 Å². The number of carbonyl (C=O) groups is 1. The normalized spacial score (nSPS) is 19.5. The van der Waals surface area contributed by atoms with Gasteiger partial charge in [-0.1, -0.05) is 32.4 Å². The first-order valence-electron chi connectivity index (χ1n) is 6.17. The highest BCUT2D eigenvalue weighted by Gasteiger charge is 2.32. The number of hydrogen-bond acceptors (Lipinski definition) is 3. The number of methoxy groups -OCH3 is 1. The molecule has 0 amide bonds. The Kier molecular flexibility index (Phi) is 3.41. The van der Waals surface area contributed by atoms with Crippen molar-refractivity contribution in [3.8, 4) is 0 Å². The molecule has 0 bridgehead atoms. The number of hydrogen-bond donors (Lipinski definition) is 0. The summed E-state index contributed by atoms with van der Waals surface area (Å²) in [4.78, 5) is 16.1. The van der Waals surface area contributed by atoms with E-state index in [1.165, 1.54) is 7.11 Å². The Bertz CT molecular complexity index is 474. The quantitative estimate of drug-likeness (QED) is 0.737. The van der Waals surface area contributed by atoms with Gasteiger partial charge in [0.2, 0.25) is 0 Å². The lowest BCUT2D eigenvalue weighted by Gasteiger charge is -2.27. The van der Waals surface area contributed by atoms with Crippen LogP contribution in [0, 0.1) is 5.92 Å². The Labute approximate surface area is 112 Å². The largest absolute Gasteiger partial charge is 0.469 e. The van der Waals surface area contributed by atoms with Crippen molar-refractivity contribution in [3.63, 3.8) is 0 Å². The van der Waals surface area contributed by atoms with Gasteiger partial charge in [0, 0.05) is 12.0 Å². The fraction of sp³-hybridized carbons (Fsp3) is 0.692. The molecule has 4 nitrogen and oxygen atoms in total. The molecule has 0 spiro atoms. The SMILES string of the molecule is COC(=O)C1CCc2c(Cl)nc(C(C)(C)C)n2C1. The summed E-state index contributed by atoms with van der Waals surface area (Å²) in [5, 5.41) is 0.572. The molecular formula is C13H19ClN2O2. The highest BCUT2D eigenvalue weighted by molar-refractivity contribution is 6.30. The molecule has 0 radical (unpaired) electrons. The number of ether oxygens (including phenoxy) is 1. The van der Waals surface area contributed by atoms with Crippen molar-refractivity contribution in [1.29, 1.82) is 0 Å². The summed E-state index contributed by atoms with van der Waals surface area (Å²) in [6, 6.07) is 0. The molecule has 5 heteroatoms. The lowest BCUT2D eigenvalue weighted by molar-refractivity contribution is -0.146. The van der Waals surface area contributed by atoms with E-state index in [2.05, 4.69) is 30.3 Å². The van der Waals surface area contributed by atoms with Crippen LogP contribution in [0.15, 0.2) is 0 Å². The van der Waals surface area contributed by atoms with Gasteiger partial charge in [-0.25, -0.2) is 4.98 Å². The maximum atomic E-state index is 11.7. The van der Waals surface area contributed by atoms with Crippen LogP contribution in [-0.2, 0) is 27.9 Å². The molecule has 0 saturated carbocycles. The van der Waals surface area contributed by atoms with Gasteiger partial charge in [0.15, 0.2) is 5.15 Å². The topological polar surface area (TPSA) is 44.1 Å². The second-order valence-electron chi connectivity index (χ2n) is 5.79. The van der Waals surface area contributed by atoms with E-state index in [9.17, 15) is 4.79 Å². The predicted molar refractivity (Wildman–Crippen MR) is 69.8 cm³/mol. The van der Waals surface area contributed by atoms with Gasteiger partial charge in [0.25, 0.3) is 0 Å². The maximum absolute atomic E-state index is 11.7. The summed E-state index contributed by atoms with van der Waals surface area (Å²) >= 11 is 6.18. The zero-order valence-electron chi connectivity index (χ0n) is 11.3. The minimum absolute atomic E-state index is 0.0834. The third-order valence-electron chi connectivity index (χ3n) is 3.36. The minimum Gasteiger partial charge on any atom is -0.469 e. The summed E-state index contributed by atoms with van der Waals surface area (Å²) < 4.78 is 6.92. The average molecular weight is 271 g/mol. The van der Waals surface area contributed by atoms with Gasteiger partial charge in [-0.2, -0.15) is 0 Å². The lowest BCUT2D eigenvalue weighted by Crippen LogP contribution is -2.31. The van der Waals surface area contributed by atoms with Crippen LogP contribution in [0.3, 0.4) is 0 Å². The molecule has 1 aromatic rings. The highest BCUT2D eigenvalue weighted by atomic mass is 35.5. The molecule has 1 atom stereocenters. The van der Waals surface area contributed by atoms with Crippen molar-refractivity contribution in [2.75, 3.05) is 7.11 Å².